The number of nitrogens with one attached hydrogen (secondary N) is 4. The van der Waals surface area contributed by atoms with Crippen LogP contribution in [0.3, 0.4) is 0 Å². The number of carbonyl (C=O) groups is 2. The Morgan fingerprint density at radius 1 is 1.02 bits per heavy atom. The van der Waals surface area contributed by atoms with E-state index < -0.39 is 12.0 Å². The molecule has 1 aliphatic carbocycles. The average molecular weight is 670 g/mol. The van der Waals surface area contributed by atoms with E-state index in [4.69, 9.17) is 10.5 Å². The number of nitrogens with zero attached hydrogens (tertiary/aromatic N) is 6. The second-order valence-corrected chi connectivity index (χ2v) is 13.3. The molecule has 0 unspecified atom stereocenters. The molecule has 2 aromatic heterocycles. The highest BCUT2D eigenvalue weighted by Gasteiger charge is 2.25. The fraction of sp³-hybridized carbons (Fsp3) is 0.765. The molecule has 2 aliphatic rings. The number of anilines is 2. The van der Waals surface area contributed by atoms with E-state index in [1.807, 2.05) is 35.7 Å². The quantitative estimate of drug-likeness (QED) is 0.0971. The number of carbonyl (C=O) groups excluding carboxylic acids is 2. The molecule has 1 saturated heterocycles. The molecule has 14 nitrogen and oxygen atoms in total. The first-order chi connectivity index (χ1) is 23.4. The number of nitrogens with two attached hydrogens (primary N) is 1. The number of likely N-dealkylation sites (tertiary alicyclic amines) is 1. The van der Waals surface area contributed by atoms with Gasteiger partial charge in [0.2, 0.25) is 11.9 Å². The second kappa shape index (κ2) is 20.9. The number of aryl methyl sites for hydroxylation is 2. The highest BCUT2D eigenvalue weighted by atomic mass is 16.5. The van der Waals surface area contributed by atoms with E-state index in [-0.39, 0.29) is 18.4 Å². The zero-order chi connectivity index (χ0) is 34.0. The van der Waals surface area contributed by atoms with Gasteiger partial charge < -0.3 is 36.6 Å². The van der Waals surface area contributed by atoms with Crippen molar-refractivity contribution in [3.8, 4) is 0 Å². The maximum absolute atomic E-state index is 12.7. The highest BCUT2D eigenvalue weighted by molar-refractivity contribution is 5.79. The number of amides is 1. The lowest BCUT2D eigenvalue weighted by molar-refractivity contribution is -0.145. The lowest BCUT2D eigenvalue weighted by atomic mass is 9.95. The smallest absolute Gasteiger partial charge is 0.322 e. The van der Waals surface area contributed by atoms with Gasteiger partial charge >= 0.3 is 5.97 Å². The van der Waals surface area contributed by atoms with Gasteiger partial charge in [0.25, 0.3) is 0 Å². The number of unbranched alkanes of at least 4 members (excludes halogenated alkanes) is 1. The molecule has 2 fully saturated rings. The van der Waals surface area contributed by atoms with Gasteiger partial charge in [-0.05, 0) is 77.9 Å². The first kappa shape index (κ1) is 37.5. The number of piperidine rings is 1. The fourth-order valence-electron chi connectivity index (χ4n) is 6.20. The molecule has 0 bridgehead atoms. The molecule has 1 aliphatic heterocycles. The summed E-state index contributed by atoms with van der Waals surface area (Å²) in [5, 5.41) is 22.6. The molecule has 0 aromatic carbocycles. The van der Waals surface area contributed by atoms with E-state index in [0.717, 1.165) is 88.0 Å². The topological polar surface area (TPSA) is 177 Å². The molecule has 1 saturated carbocycles. The Morgan fingerprint density at radius 2 is 1.81 bits per heavy atom. The summed E-state index contributed by atoms with van der Waals surface area (Å²) in [5.74, 6) is 0.882. The monoisotopic (exact) mass is 669 g/mol. The van der Waals surface area contributed by atoms with Crippen molar-refractivity contribution in [3.05, 3.63) is 23.7 Å². The molecule has 4 rings (SSSR count). The van der Waals surface area contributed by atoms with E-state index >= 15 is 0 Å². The first-order valence-corrected chi connectivity index (χ1v) is 18.3. The lowest BCUT2D eigenvalue weighted by Gasteiger charge is -2.33. The van der Waals surface area contributed by atoms with Crippen molar-refractivity contribution in [3.63, 3.8) is 0 Å². The van der Waals surface area contributed by atoms with E-state index in [1.165, 1.54) is 32.1 Å². The number of esters is 1. The van der Waals surface area contributed by atoms with Crippen molar-refractivity contribution in [2.24, 2.45) is 5.73 Å². The molecule has 268 valence electrons. The van der Waals surface area contributed by atoms with Crippen molar-refractivity contribution < 1.29 is 14.3 Å². The molecule has 2 aromatic rings. The number of hydrogen-bond acceptors (Lipinski definition) is 12. The van der Waals surface area contributed by atoms with Crippen LogP contribution in [0, 0.1) is 6.92 Å². The van der Waals surface area contributed by atoms with Gasteiger partial charge in [-0.3, -0.25) is 14.3 Å². The standard InChI is InChI=1S/C34H59N11O3/c1-3-4-22-48-33(47)30(35)12-13-32(46)44-20-14-28(15-21-44)40-31-23-26(2)39-34(41-31)38-24-29-25-45(43-42-29)19-9-17-36-16-8-18-37-27-10-6-5-7-11-27/h23,25,27-28,30,36-37H,3-22,24,35H2,1-2H3,(H2,38,39,40,41)/t30-/m0/s1. The minimum absolute atomic E-state index is 0.0243. The Labute approximate surface area is 286 Å². The maximum Gasteiger partial charge on any atom is 0.322 e. The van der Waals surface area contributed by atoms with Gasteiger partial charge in [-0.2, -0.15) is 4.98 Å². The number of rotatable bonds is 21. The third-order valence-corrected chi connectivity index (χ3v) is 9.09. The SMILES string of the molecule is CCCCOC(=O)[C@@H](N)CCC(=O)N1CCC(Nc2cc(C)nc(NCc3cn(CCCNCCCNC4CCCCC4)nn3)n2)CC1. The number of hydrogen-bond donors (Lipinski definition) is 5. The fourth-order valence-corrected chi connectivity index (χ4v) is 6.20. The number of ether oxygens (including phenoxy) is 1. The van der Waals surface area contributed by atoms with Gasteiger partial charge in [0.15, 0.2) is 0 Å². The van der Waals surface area contributed by atoms with Crippen LogP contribution in [0.5, 0.6) is 0 Å². The van der Waals surface area contributed by atoms with Crippen molar-refractivity contribution in [1.82, 2.24) is 40.5 Å². The molecule has 6 N–H and O–H groups in total. The second-order valence-electron chi connectivity index (χ2n) is 13.3. The van der Waals surface area contributed by atoms with Crippen LogP contribution < -0.4 is 27.0 Å². The summed E-state index contributed by atoms with van der Waals surface area (Å²) in [5.41, 5.74) is 7.63. The van der Waals surface area contributed by atoms with E-state index in [0.29, 0.717) is 38.6 Å². The van der Waals surface area contributed by atoms with Crippen LogP contribution in [-0.2, 0) is 27.4 Å². The zero-order valence-corrected chi connectivity index (χ0v) is 29.2. The van der Waals surface area contributed by atoms with Gasteiger partial charge in [0, 0.05) is 49.9 Å². The summed E-state index contributed by atoms with van der Waals surface area (Å²) in [4.78, 5) is 35.8. The minimum Gasteiger partial charge on any atom is -0.465 e. The van der Waals surface area contributed by atoms with Crippen LogP contribution in [0.25, 0.3) is 0 Å². The normalized spacial score (nSPS) is 16.5. The Balaban J connectivity index is 1.09. The van der Waals surface area contributed by atoms with Crippen LogP contribution in [0.4, 0.5) is 11.8 Å². The van der Waals surface area contributed by atoms with Crippen LogP contribution in [-0.4, -0.2) is 99.2 Å². The van der Waals surface area contributed by atoms with E-state index in [9.17, 15) is 9.59 Å². The van der Waals surface area contributed by atoms with Crippen LogP contribution in [0.15, 0.2) is 12.3 Å². The van der Waals surface area contributed by atoms with Gasteiger partial charge in [-0.15, -0.1) is 5.10 Å². The van der Waals surface area contributed by atoms with Crippen molar-refractivity contribution in [2.45, 2.75) is 129 Å². The molecule has 1 amide bonds. The largest absolute Gasteiger partial charge is 0.465 e. The van der Waals surface area contributed by atoms with Crippen LogP contribution in [0.1, 0.15) is 102 Å². The summed E-state index contributed by atoms with van der Waals surface area (Å²) < 4.78 is 7.06. The molecule has 1 atom stereocenters. The van der Waals surface area contributed by atoms with Gasteiger partial charge in [-0.1, -0.05) is 37.8 Å². The Morgan fingerprint density at radius 3 is 2.60 bits per heavy atom. The third-order valence-electron chi connectivity index (χ3n) is 9.09. The summed E-state index contributed by atoms with van der Waals surface area (Å²) in [6.07, 6.45) is 14.9. The van der Waals surface area contributed by atoms with Crippen molar-refractivity contribution >= 4 is 23.6 Å². The van der Waals surface area contributed by atoms with E-state index in [2.05, 4.69) is 41.5 Å². The Kier molecular flexibility index (Phi) is 16.3. The molecule has 0 radical (unpaired) electrons. The third kappa shape index (κ3) is 13.6. The van der Waals surface area contributed by atoms with Crippen LogP contribution in [0.2, 0.25) is 0 Å². The minimum atomic E-state index is -0.763. The van der Waals surface area contributed by atoms with Crippen molar-refractivity contribution in [1.29, 1.82) is 0 Å². The predicted molar refractivity (Wildman–Crippen MR) is 187 cm³/mol. The number of aromatic nitrogens is 5. The molecule has 3 heterocycles. The molecular formula is C34H59N11O3. The van der Waals surface area contributed by atoms with Crippen LogP contribution >= 0.6 is 0 Å². The summed E-state index contributed by atoms with van der Waals surface area (Å²) in [6.45, 7) is 10.0. The van der Waals surface area contributed by atoms with Gasteiger partial charge in [0.05, 0.1) is 19.3 Å². The maximum atomic E-state index is 12.7. The zero-order valence-electron chi connectivity index (χ0n) is 29.2. The summed E-state index contributed by atoms with van der Waals surface area (Å²) >= 11 is 0. The average Bonchev–Trinajstić information content (AvgIpc) is 3.55. The van der Waals surface area contributed by atoms with Crippen molar-refractivity contribution in [2.75, 3.05) is 50.0 Å². The van der Waals surface area contributed by atoms with E-state index in [1.54, 1.807) is 0 Å². The molecular weight excluding hydrogens is 610 g/mol. The Hall–Kier alpha value is -3.36. The molecule has 14 heteroatoms. The predicted octanol–water partition coefficient (Wildman–Crippen LogP) is 3.13. The molecule has 48 heavy (non-hydrogen) atoms. The Bertz CT molecular complexity index is 1230. The van der Waals surface area contributed by atoms with Gasteiger partial charge in [-0.25, -0.2) is 4.98 Å². The first-order valence-electron chi connectivity index (χ1n) is 18.3. The lowest BCUT2D eigenvalue weighted by Crippen LogP contribution is -2.43. The van der Waals surface area contributed by atoms with Gasteiger partial charge in [0.1, 0.15) is 17.6 Å². The summed E-state index contributed by atoms with van der Waals surface area (Å²) in [6, 6.07) is 2.10. The summed E-state index contributed by atoms with van der Waals surface area (Å²) in [7, 11) is 0. The highest BCUT2D eigenvalue weighted by Crippen LogP contribution is 2.19. The molecule has 0 spiro atoms.